The summed E-state index contributed by atoms with van der Waals surface area (Å²) in [7, 11) is 0. The molecule has 0 saturated heterocycles. The van der Waals surface area contributed by atoms with E-state index in [1.54, 1.807) is 12.1 Å². The molecule has 2 aromatic heterocycles. The molecule has 34 heavy (non-hydrogen) atoms. The van der Waals surface area contributed by atoms with E-state index in [4.69, 9.17) is 9.72 Å². The maximum atomic E-state index is 12.9. The minimum absolute atomic E-state index is 0.0847. The minimum atomic E-state index is -0.194. The molecule has 0 spiro atoms. The van der Waals surface area contributed by atoms with Gasteiger partial charge in [-0.25, -0.2) is 4.98 Å². The van der Waals surface area contributed by atoms with E-state index in [1.165, 1.54) is 5.56 Å². The zero-order valence-electron chi connectivity index (χ0n) is 19.1. The number of pyridine rings is 1. The highest BCUT2D eigenvalue weighted by Crippen LogP contribution is 2.27. The van der Waals surface area contributed by atoms with Crippen molar-refractivity contribution in [2.45, 2.75) is 20.0 Å². The first-order valence-electron chi connectivity index (χ1n) is 11.3. The first kappa shape index (κ1) is 21.5. The van der Waals surface area contributed by atoms with Crippen LogP contribution in [0, 0.1) is 0 Å². The number of carbonyl (C=O) groups excluding carboxylic acids is 1. The van der Waals surface area contributed by atoms with Crippen LogP contribution in [-0.4, -0.2) is 21.4 Å². The van der Waals surface area contributed by atoms with Gasteiger partial charge >= 0.3 is 0 Å². The molecule has 0 aliphatic rings. The van der Waals surface area contributed by atoms with Gasteiger partial charge in [0.2, 0.25) is 0 Å². The molecule has 168 valence electrons. The van der Waals surface area contributed by atoms with Crippen LogP contribution in [-0.2, 0) is 0 Å². The normalized spacial score (nSPS) is 11.0. The molecule has 5 rings (SSSR count). The molecule has 0 aliphatic heterocycles. The van der Waals surface area contributed by atoms with Gasteiger partial charge in [-0.1, -0.05) is 54.6 Å². The summed E-state index contributed by atoms with van der Waals surface area (Å²) < 4.78 is 7.58. The van der Waals surface area contributed by atoms with Gasteiger partial charge < -0.3 is 14.5 Å². The van der Waals surface area contributed by atoms with Crippen LogP contribution in [0.1, 0.15) is 24.2 Å². The van der Waals surface area contributed by atoms with Crippen LogP contribution in [0.3, 0.4) is 0 Å². The van der Waals surface area contributed by atoms with Gasteiger partial charge in [0.15, 0.2) is 5.65 Å². The molecule has 0 aliphatic carbocycles. The van der Waals surface area contributed by atoms with Crippen LogP contribution in [0.4, 0.5) is 5.69 Å². The Labute approximate surface area is 198 Å². The number of fused-ring (bicyclic) bond motifs is 1. The molecule has 0 saturated carbocycles. The Morgan fingerprint density at radius 3 is 2.21 bits per heavy atom. The standard InChI is InChI=1S/C29H25N3O2/c1-20(2)34-25-16-14-24(15-17-25)29(33)31-26-9-6-18-32-19-27(30-28(26)32)23-12-10-22(11-13-23)21-7-4-3-5-8-21/h3-20H,1-2H3,(H,31,33). The van der Waals surface area contributed by atoms with Gasteiger partial charge in [0, 0.05) is 23.5 Å². The Morgan fingerprint density at radius 2 is 1.50 bits per heavy atom. The molecule has 3 aromatic carbocycles. The number of benzene rings is 3. The summed E-state index contributed by atoms with van der Waals surface area (Å²) in [6.07, 6.45) is 3.99. The number of nitrogens with one attached hydrogen (secondary N) is 1. The van der Waals surface area contributed by atoms with Crippen molar-refractivity contribution in [2.24, 2.45) is 0 Å². The van der Waals surface area contributed by atoms with Gasteiger partial charge in [-0.05, 0) is 61.4 Å². The summed E-state index contributed by atoms with van der Waals surface area (Å²) in [5, 5.41) is 2.99. The smallest absolute Gasteiger partial charge is 0.255 e. The van der Waals surface area contributed by atoms with E-state index in [9.17, 15) is 4.79 Å². The second-order valence-corrected chi connectivity index (χ2v) is 8.37. The van der Waals surface area contributed by atoms with E-state index < -0.39 is 0 Å². The molecule has 0 bridgehead atoms. The third kappa shape index (κ3) is 4.55. The number of hydrogen-bond acceptors (Lipinski definition) is 3. The van der Waals surface area contributed by atoms with Gasteiger partial charge in [0.05, 0.1) is 17.5 Å². The molecule has 5 heteroatoms. The SMILES string of the molecule is CC(C)Oc1ccc(C(=O)Nc2cccn3cc(-c4ccc(-c5ccccc5)cc4)nc23)cc1. The second-order valence-electron chi connectivity index (χ2n) is 8.37. The lowest BCUT2D eigenvalue weighted by Crippen LogP contribution is -2.13. The van der Waals surface area contributed by atoms with Crippen molar-refractivity contribution >= 4 is 17.2 Å². The van der Waals surface area contributed by atoms with Gasteiger partial charge in [-0.15, -0.1) is 0 Å². The van der Waals surface area contributed by atoms with Crippen molar-refractivity contribution in [2.75, 3.05) is 5.32 Å². The Balaban J connectivity index is 1.38. The van der Waals surface area contributed by atoms with Crippen molar-refractivity contribution in [1.82, 2.24) is 9.38 Å². The topological polar surface area (TPSA) is 55.6 Å². The number of hydrogen-bond donors (Lipinski definition) is 1. The summed E-state index contributed by atoms with van der Waals surface area (Å²) >= 11 is 0. The average Bonchev–Trinajstić information content (AvgIpc) is 3.30. The summed E-state index contributed by atoms with van der Waals surface area (Å²) in [5.41, 5.74) is 6.10. The summed E-state index contributed by atoms with van der Waals surface area (Å²) in [6, 6.07) is 29.5. The summed E-state index contributed by atoms with van der Waals surface area (Å²) in [6.45, 7) is 3.94. The van der Waals surface area contributed by atoms with E-state index in [-0.39, 0.29) is 12.0 Å². The van der Waals surface area contributed by atoms with E-state index in [0.29, 0.717) is 16.9 Å². The van der Waals surface area contributed by atoms with E-state index >= 15 is 0 Å². The molecule has 1 amide bonds. The number of carbonyl (C=O) groups is 1. The Hall–Kier alpha value is -4.38. The maximum absolute atomic E-state index is 12.9. The number of amides is 1. The molecule has 0 radical (unpaired) electrons. The molecule has 0 unspecified atom stereocenters. The fraction of sp³-hybridized carbons (Fsp3) is 0.103. The number of rotatable bonds is 6. The van der Waals surface area contributed by atoms with Crippen molar-refractivity contribution in [3.8, 4) is 28.1 Å². The second kappa shape index (κ2) is 9.24. The van der Waals surface area contributed by atoms with Crippen LogP contribution in [0.5, 0.6) is 5.75 Å². The fourth-order valence-electron chi connectivity index (χ4n) is 3.87. The number of anilines is 1. The maximum Gasteiger partial charge on any atom is 0.255 e. The number of aromatic nitrogens is 2. The number of ether oxygens (including phenoxy) is 1. The zero-order chi connectivity index (χ0) is 23.5. The molecule has 5 nitrogen and oxygen atoms in total. The lowest BCUT2D eigenvalue weighted by atomic mass is 10.0. The lowest BCUT2D eigenvalue weighted by molar-refractivity contribution is 0.102. The molecule has 5 aromatic rings. The monoisotopic (exact) mass is 447 g/mol. The fourth-order valence-corrected chi connectivity index (χ4v) is 3.87. The average molecular weight is 448 g/mol. The minimum Gasteiger partial charge on any atom is -0.491 e. The predicted molar refractivity (Wildman–Crippen MR) is 136 cm³/mol. The molecule has 0 fully saturated rings. The quantitative estimate of drug-likeness (QED) is 0.315. The molecular formula is C29H25N3O2. The van der Waals surface area contributed by atoms with Crippen LogP contribution in [0.15, 0.2) is 103 Å². The van der Waals surface area contributed by atoms with Gasteiger partial charge in [0.1, 0.15) is 5.75 Å². The molecular weight excluding hydrogens is 422 g/mol. The van der Waals surface area contributed by atoms with Crippen LogP contribution < -0.4 is 10.1 Å². The largest absolute Gasteiger partial charge is 0.491 e. The third-order valence-electron chi connectivity index (χ3n) is 5.51. The van der Waals surface area contributed by atoms with Crippen LogP contribution in [0.25, 0.3) is 28.0 Å². The third-order valence-corrected chi connectivity index (χ3v) is 5.51. The van der Waals surface area contributed by atoms with Gasteiger partial charge in [-0.2, -0.15) is 0 Å². The summed E-state index contributed by atoms with van der Waals surface area (Å²) in [4.78, 5) is 17.7. The molecule has 1 N–H and O–H groups in total. The highest BCUT2D eigenvalue weighted by atomic mass is 16.5. The number of imidazole rings is 1. The molecule has 0 atom stereocenters. The van der Waals surface area contributed by atoms with Crippen molar-refractivity contribution in [3.05, 3.63) is 109 Å². The van der Waals surface area contributed by atoms with Gasteiger partial charge in [-0.3, -0.25) is 4.79 Å². The van der Waals surface area contributed by atoms with Crippen LogP contribution in [0.2, 0.25) is 0 Å². The van der Waals surface area contributed by atoms with Crippen molar-refractivity contribution in [3.63, 3.8) is 0 Å². The van der Waals surface area contributed by atoms with Crippen molar-refractivity contribution in [1.29, 1.82) is 0 Å². The predicted octanol–water partition coefficient (Wildman–Crippen LogP) is 6.71. The Bertz CT molecular complexity index is 1420. The first-order chi connectivity index (χ1) is 16.6. The highest BCUT2D eigenvalue weighted by Gasteiger charge is 2.12. The molecule has 2 heterocycles. The Morgan fingerprint density at radius 1 is 0.824 bits per heavy atom. The zero-order valence-corrected chi connectivity index (χ0v) is 19.1. The summed E-state index contributed by atoms with van der Waals surface area (Å²) in [5.74, 6) is 0.547. The highest BCUT2D eigenvalue weighted by molar-refractivity contribution is 6.06. The van der Waals surface area contributed by atoms with E-state index in [2.05, 4.69) is 41.7 Å². The van der Waals surface area contributed by atoms with Crippen LogP contribution >= 0.6 is 0 Å². The first-order valence-corrected chi connectivity index (χ1v) is 11.3. The Kier molecular flexibility index (Phi) is 5.83. The van der Waals surface area contributed by atoms with Crippen molar-refractivity contribution < 1.29 is 9.53 Å². The van der Waals surface area contributed by atoms with E-state index in [0.717, 1.165) is 22.6 Å². The number of nitrogens with zero attached hydrogens (tertiary/aromatic N) is 2. The van der Waals surface area contributed by atoms with E-state index in [1.807, 2.05) is 73.1 Å². The van der Waals surface area contributed by atoms with Gasteiger partial charge in [0.25, 0.3) is 5.91 Å². The lowest BCUT2D eigenvalue weighted by Gasteiger charge is -2.10.